The van der Waals surface area contributed by atoms with Gasteiger partial charge in [0.1, 0.15) is 23.7 Å². The fourth-order valence-corrected chi connectivity index (χ4v) is 5.06. The van der Waals surface area contributed by atoms with E-state index >= 15 is 8.78 Å². The molecule has 4 atom stereocenters. The van der Waals surface area contributed by atoms with Crippen LogP contribution < -0.4 is 20.7 Å². The molecule has 4 aromatic rings. The van der Waals surface area contributed by atoms with Crippen LogP contribution in [0.1, 0.15) is 22.9 Å². The molecule has 9 nitrogen and oxygen atoms in total. The van der Waals surface area contributed by atoms with Gasteiger partial charge in [0.2, 0.25) is 0 Å². The van der Waals surface area contributed by atoms with Crippen molar-refractivity contribution in [1.29, 1.82) is 0 Å². The summed E-state index contributed by atoms with van der Waals surface area (Å²) in [5.41, 5.74) is -1.87. The Kier molecular flexibility index (Phi) is 7.76. The number of hydrogen-bond donors (Lipinski definition) is 2. The number of aliphatic hydroxyl groups excluding tert-OH is 1. The van der Waals surface area contributed by atoms with Crippen molar-refractivity contribution in [3.8, 4) is 11.5 Å². The number of ether oxygens (including phenoxy) is 4. The van der Waals surface area contributed by atoms with E-state index < -0.39 is 47.8 Å². The molecule has 0 spiro atoms. The van der Waals surface area contributed by atoms with E-state index in [9.17, 15) is 14.7 Å². The van der Waals surface area contributed by atoms with Gasteiger partial charge in [-0.2, -0.15) is 0 Å². The van der Waals surface area contributed by atoms with Crippen molar-refractivity contribution < 1.29 is 32.8 Å². The third kappa shape index (κ3) is 5.03. The van der Waals surface area contributed by atoms with Gasteiger partial charge in [0, 0.05) is 12.3 Å². The molecule has 0 radical (unpaired) electrons. The average Bonchev–Trinajstić information content (AvgIpc) is 3.25. The number of benzene rings is 3. The Balaban J connectivity index is 1.72. The lowest BCUT2D eigenvalue weighted by molar-refractivity contribution is -0.231. The molecule has 1 aliphatic heterocycles. The predicted molar refractivity (Wildman–Crippen MR) is 144 cm³/mol. The highest BCUT2D eigenvalue weighted by Crippen LogP contribution is 2.49. The van der Waals surface area contributed by atoms with Gasteiger partial charge in [0.05, 0.1) is 14.2 Å². The van der Waals surface area contributed by atoms with E-state index in [1.165, 1.54) is 14.2 Å². The minimum atomic E-state index is -3.07. The van der Waals surface area contributed by atoms with Gasteiger partial charge in [0.25, 0.3) is 11.4 Å². The number of aromatic nitrogens is 2. The summed E-state index contributed by atoms with van der Waals surface area (Å²) in [6.45, 7) is -1.28. The van der Waals surface area contributed by atoms with Crippen molar-refractivity contribution in [1.82, 2.24) is 9.55 Å². The highest BCUT2D eigenvalue weighted by molar-refractivity contribution is 5.50. The van der Waals surface area contributed by atoms with E-state index in [0.717, 1.165) is 12.3 Å². The molecule has 0 unspecified atom stereocenters. The Hall–Kier alpha value is -4.32. The van der Waals surface area contributed by atoms with Crippen LogP contribution in [-0.4, -0.2) is 53.6 Å². The van der Waals surface area contributed by atoms with Crippen molar-refractivity contribution in [2.24, 2.45) is 0 Å². The Morgan fingerprint density at radius 2 is 1.44 bits per heavy atom. The Morgan fingerprint density at radius 1 is 0.902 bits per heavy atom. The summed E-state index contributed by atoms with van der Waals surface area (Å²) in [6.07, 6.45) is -5.19. The summed E-state index contributed by atoms with van der Waals surface area (Å²) in [5.74, 6) is -1.98. The summed E-state index contributed by atoms with van der Waals surface area (Å²) in [5, 5.41) is 10.1. The first-order chi connectivity index (χ1) is 19.8. The standard InChI is InChI=1S/C30H28F2N2O7/c1-38-22-12-8-20(9-13-22)30(19-6-4-3-5-7-19,21-10-14-23(39-2)15-11-21)40-26-25(31)27(41-29(26,32)18-35)34-17-16-24(36)33-28(34)37/h3-17,25-27,35H,18H2,1-2H3,(H,33,36,37)/t25-,26+,27-,29-/m1/s1. The van der Waals surface area contributed by atoms with Gasteiger partial charge in [-0.15, -0.1) is 0 Å². The van der Waals surface area contributed by atoms with E-state index in [1.54, 1.807) is 78.9 Å². The minimum absolute atomic E-state index is 0.492. The zero-order chi connectivity index (χ0) is 29.2. The normalized spacial score (nSPS) is 22.4. The first-order valence-corrected chi connectivity index (χ1v) is 12.7. The number of alkyl halides is 2. The number of methoxy groups -OCH3 is 2. The second-order valence-electron chi connectivity index (χ2n) is 9.46. The van der Waals surface area contributed by atoms with Crippen LogP contribution in [0.2, 0.25) is 0 Å². The van der Waals surface area contributed by atoms with Gasteiger partial charge in [-0.1, -0.05) is 54.6 Å². The zero-order valence-corrected chi connectivity index (χ0v) is 22.2. The highest BCUT2D eigenvalue weighted by atomic mass is 19.2. The molecule has 1 saturated heterocycles. The number of H-pyrrole nitrogens is 1. The quantitative estimate of drug-likeness (QED) is 0.299. The molecule has 1 aromatic heterocycles. The maximum atomic E-state index is 16.4. The second-order valence-corrected chi connectivity index (χ2v) is 9.46. The van der Waals surface area contributed by atoms with Crippen LogP contribution >= 0.6 is 0 Å². The van der Waals surface area contributed by atoms with Crippen LogP contribution in [0.4, 0.5) is 8.78 Å². The van der Waals surface area contributed by atoms with Gasteiger partial charge in [-0.05, 0) is 41.0 Å². The van der Waals surface area contributed by atoms with Gasteiger partial charge in [-0.3, -0.25) is 14.3 Å². The van der Waals surface area contributed by atoms with Crippen LogP contribution in [0.3, 0.4) is 0 Å². The van der Waals surface area contributed by atoms with E-state index in [2.05, 4.69) is 0 Å². The lowest BCUT2D eigenvalue weighted by atomic mass is 9.79. The molecule has 2 N–H and O–H groups in total. The lowest BCUT2D eigenvalue weighted by Crippen LogP contribution is -2.49. The van der Waals surface area contributed by atoms with Crippen LogP contribution in [0.15, 0.2) is 101 Å². The van der Waals surface area contributed by atoms with E-state index in [1.807, 2.05) is 4.98 Å². The minimum Gasteiger partial charge on any atom is -0.497 e. The van der Waals surface area contributed by atoms with E-state index in [0.29, 0.717) is 32.8 Å². The van der Waals surface area contributed by atoms with E-state index in [-0.39, 0.29) is 0 Å². The van der Waals surface area contributed by atoms with E-state index in [4.69, 9.17) is 18.9 Å². The van der Waals surface area contributed by atoms with Crippen LogP contribution in [0.5, 0.6) is 11.5 Å². The van der Waals surface area contributed by atoms with Crippen LogP contribution in [0.25, 0.3) is 0 Å². The maximum Gasteiger partial charge on any atom is 0.330 e. The molecule has 1 fully saturated rings. The molecule has 11 heteroatoms. The summed E-state index contributed by atoms with van der Waals surface area (Å²) in [4.78, 5) is 26.0. The number of aromatic amines is 1. The largest absolute Gasteiger partial charge is 0.497 e. The molecule has 0 aliphatic carbocycles. The number of halogens is 2. The second kappa shape index (κ2) is 11.3. The molecule has 5 rings (SSSR count). The molecule has 1 aliphatic rings. The predicted octanol–water partition coefficient (Wildman–Crippen LogP) is 3.46. The third-order valence-electron chi connectivity index (χ3n) is 7.12. The Bertz CT molecular complexity index is 1540. The summed E-state index contributed by atoms with van der Waals surface area (Å²) < 4.78 is 55.9. The van der Waals surface area contributed by atoms with Crippen molar-refractivity contribution in [2.45, 2.75) is 30.0 Å². The number of nitrogens with zero attached hydrogens (tertiary/aromatic N) is 1. The fraction of sp³-hybridized carbons (Fsp3) is 0.267. The fourth-order valence-electron chi connectivity index (χ4n) is 5.06. The highest BCUT2D eigenvalue weighted by Gasteiger charge is 2.61. The van der Waals surface area contributed by atoms with Crippen molar-refractivity contribution in [3.63, 3.8) is 0 Å². The van der Waals surface area contributed by atoms with Gasteiger partial charge >= 0.3 is 5.69 Å². The molecule has 2 heterocycles. The van der Waals surface area contributed by atoms with Crippen molar-refractivity contribution in [3.05, 3.63) is 129 Å². The molecule has 0 amide bonds. The molecule has 214 valence electrons. The number of rotatable bonds is 9. The Morgan fingerprint density at radius 3 is 1.93 bits per heavy atom. The molecule has 0 saturated carbocycles. The topological polar surface area (TPSA) is 112 Å². The summed E-state index contributed by atoms with van der Waals surface area (Å²) in [7, 11) is 3.03. The van der Waals surface area contributed by atoms with Crippen molar-refractivity contribution in [2.75, 3.05) is 20.8 Å². The van der Waals surface area contributed by atoms with Crippen molar-refractivity contribution >= 4 is 0 Å². The molecule has 0 bridgehead atoms. The Labute approximate surface area is 233 Å². The van der Waals surface area contributed by atoms with Gasteiger partial charge in [-0.25, -0.2) is 13.6 Å². The van der Waals surface area contributed by atoms with Gasteiger partial charge < -0.3 is 24.1 Å². The monoisotopic (exact) mass is 566 g/mol. The molecular weight excluding hydrogens is 538 g/mol. The lowest BCUT2D eigenvalue weighted by Gasteiger charge is -2.40. The molecule has 3 aromatic carbocycles. The number of hydrogen-bond acceptors (Lipinski definition) is 7. The van der Waals surface area contributed by atoms with Crippen LogP contribution in [0, 0.1) is 0 Å². The third-order valence-corrected chi connectivity index (χ3v) is 7.12. The first kappa shape index (κ1) is 28.2. The number of aliphatic hydroxyl groups is 1. The number of nitrogens with one attached hydrogen (secondary N) is 1. The smallest absolute Gasteiger partial charge is 0.330 e. The first-order valence-electron chi connectivity index (χ1n) is 12.7. The summed E-state index contributed by atoms with van der Waals surface area (Å²) in [6, 6.07) is 23.4. The zero-order valence-electron chi connectivity index (χ0n) is 22.2. The molecular formula is C30H28F2N2O7. The van der Waals surface area contributed by atoms with Crippen LogP contribution in [-0.2, 0) is 15.1 Å². The van der Waals surface area contributed by atoms with Gasteiger partial charge in [0.15, 0.2) is 18.5 Å². The molecule has 41 heavy (non-hydrogen) atoms. The SMILES string of the molecule is COc1ccc(C(O[C@H]2[C@@H](F)[C@H](n3ccc(=O)[nH]c3=O)O[C@]2(F)CO)(c2ccccc2)c2ccc(OC)cc2)cc1. The summed E-state index contributed by atoms with van der Waals surface area (Å²) >= 11 is 0. The average molecular weight is 567 g/mol. The maximum absolute atomic E-state index is 16.4.